The number of benzene rings is 1. The van der Waals surface area contributed by atoms with Gasteiger partial charge in [0, 0.05) is 21.6 Å². The summed E-state index contributed by atoms with van der Waals surface area (Å²) in [5.74, 6) is -0.122. The second kappa shape index (κ2) is 13.4. The molecular formula is C29H31BrN2OS. The Kier molecular flexibility index (Phi) is 10.3. The van der Waals surface area contributed by atoms with Gasteiger partial charge in [0.15, 0.2) is 5.78 Å². The Balaban J connectivity index is 1.62. The number of Topliss-reactive ketones (excluding diaryl/α,β-unsaturated/α-hetero) is 1. The molecule has 1 aliphatic carbocycles. The van der Waals surface area contributed by atoms with Crippen molar-refractivity contribution in [1.29, 1.82) is 5.26 Å². The summed E-state index contributed by atoms with van der Waals surface area (Å²) in [6, 6.07) is 11.3. The van der Waals surface area contributed by atoms with E-state index in [0.29, 0.717) is 22.3 Å². The fourth-order valence-corrected chi connectivity index (χ4v) is 6.20. The molecular weight excluding hydrogens is 504 g/mol. The number of nitriles is 1. The number of ketones is 1. The molecule has 0 spiro atoms. The molecule has 2 aromatic rings. The highest BCUT2D eigenvalue weighted by Gasteiger charge is 2.32. The molecule has 1 aromatic heterocycles. The molecule has 0 fully saturated rings. The summed E-state index contributed by atoms with van der Waals surface area (Å²) in [6.07, 6.45) is 16.0. The van der Waals surface area contributed by atoms with E-state index in [1.165, 1.54) is 63.4 Å². The standard InChI is InChI=1S/C29H31BrN2OS/c1-3-4-5-6-7-8-9-10-11-12-15-21-18-22(34-29(21)30)19-25-27(26(20-31)32-2)23-16-13-14-17-24(23)28(25)33/h13-14,16-19H,3-12,15H2,1H3/b25-19-,27-26-. The molecule has 0 atom stereocenters. The van der Waals surface area contributed by atoms with E-state index in [0.717, 1.165) is 21.5 Å². The van der Waals surface area contributed by atoms with Crippen molar-refractivity contribution in [2.45, 2.75) is 77.6 Å². The van der Waals surface area contributed by atoms with Crippen LogP contribution in [0.4, 0.5) is 0 Å². The lowest BCUT2D eigenvalue weighted by molar-refractivity contribution is 0.104. The number of halogens is 1. The van der Waals surface area contributed by atoms with E-state index in [9.17, 15) is 10.1 Å². The Bertz CT molecular complexity index is 1140. The van der Waals surface area contributed by atoms with E-state index in [-0.39, 0.29) is 11.5 Å². The molecule has 3 rings (SSSR count). The zero-order valence-corrected chi connectivity index (χ0v) is 22.2. The van der Waals surface area contributed by atoms with Gasteiger partial charge in [0.1, 0.15) is 0 Å². The lowest BCUT2D eigenvalue weighted by Gasteiger charge is -2.02. The lowest BCUT2D eigenvalue weighted by atomic mass is 10.0. The summed E-state index contributed by atoms with van der Waals surface area (Å²) in [4.78, 5) is 17.4. The summed E-state index contributed by atoms with van der Waals surface area (Å²) in [6.45, 7) is 9.67. The summed E-state index contributed by atoms with van der Waals surface area (Å²) >= 11 is 5.29. The Morgan fingerprint density at radius 2 is 1.68 bits per heavy atom. The van der Waals surface area contributed by atoms with Gasteiger partial charge < -0.3 is 0 Å². The highest BCUT2D eigenvalue weighted by atomic mass is 79.9. The van der Waals surface area contributed by atoms with Crippen LogP contribution in [0.1, 0.15) is 97.5 Å². The van der Waals surface area contributed by atoms with Gasteiger partial charge in [-0.05, 0) is 52.0 Å². The molecule has 5 heteroatoms. The molecule has 0 saturated carbocycles. The van der Waals surface area contributed by atoms with Gasteiger partial charge in [0.25, 0.3) is 5.70 Å². The van der Waals surface area contributed by atoms with E-state index in [1.807, 2.05) is 30.3 Å². The highest BCUT2D eigenvalue weighted by molar-refractivity contribution is 9.11. The predicted molar refractivity (Wildman–Crippen MR) is 145 cm³/mol. The molecule has 0 N–H and O–H groups in total. The van der Waals surface area contributed by atoms with Crippen LogP contribution >= 0.6 is 27.3 Å². The van der Waals surface area contributed by atoms with Gasteiger partial charge in [0.2, 0.25) is 0 Å². The molecule has 0 radical (unpaired) electrons. The largest absolute Gasteiger partial charge is 0.289 e. The van der Waals surface area contributed by atoms with Gasteiger partial charge in [-0.3, -0.25) is 4.79 Å². The fourth-order valence-electron chi connectivity index (χ4n) is 4.45. The quantitative estimate of drug-likeness (QED) is 0.118. The first-order valence-corrected chi connectivity index (χ1v) is 13.9. The Morgan fingerprint density at radius 1 is 1.06 bits per heavy atom. The van der Waals surface area contributed by atoms with Gasteiger partial charge in [-0.2, -0.15) is 0 Å². The zero-order chi connectivity index (χ0) is 24.3. The molecule has 0 unspecified atom stereocenters. The van der Waals surface area contributed by atoms with Crippen molar-refractivity contribution in [3.8, 4) is 6.07 Å². The number of carbonyl (C=O) groups is 1. The van der Waals surface area contributed by atoms with E-state index >= 15 is 0 Å². The van der Waals surface area contributed by atoms with Crippen LogP contribution in [0.15, 0.2) is 45.4 Å². The van der Waals surface area contributed by atoms with Crippen molar-refractivity contribution in [2.75, 3.05) is 0 Å². The number of hydrogen-bond acceptors (Lipinski definition) is 3. The van der Waals surface area contributed by atoms with E-state index in [4.69, 9.17) is 6.57 Å². The number of hydrogen-bond donors (Lipinski definition) is 0. The van der Waals surface area contributed by atoms with Crippen LogP contribution in [0, 0.1) is 17.9 Å². The zero-order valence-electron chi connectivity index (χ0n) is 19.8. The minimum atomic E-state index is -0.122. The van der Waals surface area contributed by atoms with Crippen molar-refractivity contribution in [3.63, 3.8) is 0 Å². The van der Waals surface area contributed by atoms with Crippen molar-refractivity contribution < 1.29 is 4.79 Å². The van der Waals surface area contributed by atoms with Crippen molar-refractivity contribution in [1.82, 2.24) is 0 Å². The minimum Gasteiger partial charge on any atom is -0.289 e. The molecule has 0 saturated heterocycles. The van der Waals surface area contributed by atoms with Crippen molar-refractivity contribution >= 4 is 44.7 Å². The van der Waals surface area contributed by atoms with Crippen LogP contribution in [0.3, 0.4) is 0 Å². The van der Waals surface area contributed by atoms with Crippen LogP contribution in [-0.2, 0) is 6.42 Å². The Morgan fingerprint density at radius 3 is 2.29 bits per heavy atom. The molecule has 1 heterocycles. The predicted octanol–water partition coefficient (Wildman–Crippen LogP) is 9.41. The van der Waals surface area contributed by atoms with Crippen LogP contribution in [0.25, 0.3) is 16.5 Å². The third-order valence-electron chi connectivity index (χ3n) is 6.27. The molecule has 0 amide bonds. The number of thiophene rings is 1. The number of unbranched alkanes of at least 4 members (excludes halogenated alkanes) is 9. The summed E-state index contributed by atoms with van der Waals surface area (Å²) in [5.41, 5.74) is 3.35. The van der Waals surface area contributed by atoms with Gasteiger partial charge in [-0.15, -0.1) is 11.3 Å². The maximum atomic E-state index is 13.1. The molecule has 1 aliphatic rings. The molecule has 1 aromatic carbocycles. The number of fused-ring (bicyclic) bond motifs is 1. The van der Waals surface area contributed by atoms with Crippen LogP contribution < -0.4 is 0 Å². The van der Waals surface area contributed by atoms with E-state index in [2.05, 4.69) is 33.8 Å². The molecule has 34 heavy (non-hydrogen) atoms. The summed E-state index contributed by atoms with van der Waals surface area (Å²) in [5, 5.41) is 9.49. The monoisotopic (exact) mass is 534 g/mol. The molecule has 0 aliphatic heterocycles. The number of nitrogens with zero attached hydrogens (tertiary/aromatic N) is 2. The van der Waals surface area contributed by atoms with Gasteiger partial charge >= 0.3 is 0 Å². The second-order valence-corrected chi connectivity index (χ2v) is 11.2. The van der Waals surface area contributed by atoms with Crippen LogP contribution in [-0.4, -0.2) is 5.78 Å². The van der Waals surface area contributed by atoms with Gasteiger partial charge in [-0.25, -0.2) is 10.1 Å². The van der Waals surface area contributed by atoms with E-state index < -0.39 is 0 Å². The molecule has 3 nitrogen and oxygen atoms in total. The smallest absolute Gasteiger partial charge is 0.270 e. The van der Waals surface area contributed by atoms with Crippen LogP contribution in [0.2, 0.25) is 0 Å². The SMILES string of the molecule is [C-]#[N+]/C(C#N)=C1\C(=C\c2cc(CCCCCCCCCCCC)c(Br)s2)C(=O)c2ccccc21. The topological polar surface area (TPSA) is 45.2 Å². The Labute approximate surface area is 216 Å². The molecule has 176 valence electrons. The maximum Gasteiger partial charge on any atom is 0.270 e. The number of rotatable bonds is 12. The average molecular weight is 536 g/mol. The first-order valence-electron chi connectivity index (χ1n) is 12.3. The molecule has 0 bridgehead atoms. The van der Waals surface area contributed by atoms with Gasteiger partial charge in [-0.1, -0.05) is 89.0 Å². The summed E-state index contributed by atoms with van der Waals surface area (Å²) in [7, 11) is 0. The van der Waals surface area contributed by atoms with Crippen molar-refractivity contribution in [2.24, 2.45) is 0 Å². The Hall–Kier alpha value is -2.47. The first kappa shape index (κ1) is 26.1. The number of allylic oxidation sites excluding steroid dienone is 3. The highest BCUT2D eigenvalue weighted by Crippen LogP contribution is 2.41. The minimum absolute atomic E-state index is 0.0363. The van der Waals surface area contributed by atoms with Crippen LogP contribution in [0.5, 0.6) is 0 Å². The normalized spacial score (nSPS) is 15.3. The first-order chi connectivity index (χ1) is 16.6. The van der Waals surface area contributed by atoms with E-state index in [1.54, 1.807) is 17.4 Å². The van der Waals surface area contributed by atoms with Crippen molar-refractivity contribution in [3.05, 3.63) is 78.4 Å². The fraction of sp³-hybridized carbons (Fsp3) is 0.414. The lowest BCUT2D eigenvalue weighted by Crippen LogP contribution is -1.95. The third-order valence-corrected chi connectivity index (χ3v) is 8.18. The third kappa shape index (κ3) is 6.56. The second-order valence-electron chi connectivity index (χ2n) is 8.76. The number of aryl methyl sites for hydroxylation is 1. The number of carbonyl (C=O) groups excluding carboxylic acids is 1. The average Bonchev–Trinajstić information content (AvgIpc) is 3.33. The van der Waals surface area contributed by atoms with Gasteiger partial charge in [0.05, 0.1) is 16.4 Å². The summed E-state index contributed by atoms with van der Waals surface area (Å²) < 4.78 is 1.09. The maximum absolute atomic E-state index is 13.1.